The summed E-state index contributed by atoms with van der Waals surface area (Å²) in [5.41, 5.74) is 1.73. The number of benzene rings is 2. The Kier molecular flexibility index (Phi) is 8.73. The first-order valence-electron chi connectivity index (χ1n) is 11.5. The number of methoxy groups -OCH3 is 1. The number of thioether (sulfide) groups is 1. The smallest absolute Gasteiger partial charge is 0.233 e. The Hall–Kier alpha value is -2.95. The van der Waals surface area contributed by atoms with Gasteiger partial charge in [0.2, 0.25) is 5.91 Å². The molecule has 2 aromatic carbocycles. The molecule has 1 aliphatic rings. The predicted octanol–water partition coefficient (Wildman–Crippen LogP) is 3.18. The number of carbonyl (C=O) groups excluding carboxylic acids is 1. The zero-order valence-electron chi connectivity index (χ0n) is 20.0. The van der Waals surface area contributed by atoms with Gasteiger partial charge in [-0.15, -0.1) is 10.2 Å². The predicted molar refractivity (Wildman–Crippen MR) is 133 cm³/mol. The van der Waals surface area contributed by atoms with E-state index < -0.39 is 0 Å². The fraction of sp³-hybridized carbons (Fsp3) is 0.400. The van der Waals surface area contributed by atoms with E-state index in [1.54, 1.807) is 31.2 Å². The molecule has 0 N–H and O–H groups in total. The lowest BCUT2D eigenvalue weighted by molar-refractivity contribution is -0.127. The molecule has 0 radical (unpaired) electrons. The van der Waals surface area contributed by atoms with Crippen molar-refractivity contribution in [1.29, 1.82) is 0 Å². The van der Waals surface area contributed by atoms with Crippen LogP contribution in [0.5, 0.6) is 5.75 Å². The third-order valence-electron chi connectivity index (χ3n) is 5.91. The van der Waals surface area contributed by atoms with Crippen LogP contribution in [0.3, 0.4) is 0 Å². The van der Waals surface area contributed by atoms with E-state index in [0.29, 0.717) is 24.1 Å². The molecule has 3 aromatic rings. The SMILES string of the molecule is COc1ccccc1CN(C)C(=O)CSc1nnc(-c2ccc(F)cc2)n1CCN1CCOCC1. The number of hydrogen-bond donors (Lipinski definition) is 0. The first-order valence-corrected chi connectivity index (χ1v) is 12.5. The van der Waals surface area contributed by atoms with Crippen LogP contribution in [0.2, 0.25) is 0 Å². The van der Waals surface area contributed by atoms with Gasteiger partial charge in [0.15, 0.2) is 11.0 Å². The second-order valence-electron chi connectivity index (χ2n) is 8.27. The zero-order chi connectivity index (χ0) is 24.6. The molecular weight excluding hydrogens is 469 g/mol. The van der Waals surface area contributed by atoms with Crippen molar-refractivity contribution in [1.82, 2.24) is 24.6 Å². The molecule has 0 atom stereocenters. The highest BCUT2D eigenvalue weighted by Crippen LogP contribution is 2.25. The Morgan fingerprint density at radius 1 is 1.11 bits per heavy atom. The molecule has 0 bridgehead atoms. The van der Waals surface area contributed by atoms with Gasteiger partial charge in [-0.25, -0.2) is 4.39 Å². The Morgan fingerprint density at radius 3 is 2.60 bits per heavy atom. The number of ether oxygens (including phenoxy) is 2. The van der Waals surface area contributed by atoms with Crippen LogP contribution in [-0.4, -0.2) is 83.2 Å². The van der Waals surface area contributed by atoms with Gasteiger partial charge in [-0.2, -0.15) is 0 Å². The van der Waals surface area contributed by atoms with Gasteiger partial charge in [0.25, 0.3) is 0 Å². The Bertz CT molecular complexity index is 1120. The summed E-state index contributed by atoms with van der Waals surface area (Å²) in [4.78, 5) is 16.9. The van der Waals surface area contributed by atoms with Crippen LogP contribution >= 0.6 is 11.8 Å². The molecular formula is C25H30FN5O3S. The van der Waals surface area contributed by atoms with E-state index in [0.717, 1.165) is 49.7 Å². The third-order valence-corrected chi connectivity index (χ3v) is 6.86. The highest BCUT2D eigenvalue weighted by atomic mass is 32.2. The van der Waals surface area contributed by atoms with E-state index in [2.05, 4.69) is 15.1 Å². The number of halogens is 1. The monoisotopic (exact) mass is 499 g/mol. The summed E-state index contributed by atoms with van der Waals surface area (Å²) in [6.07, 6.45) is 0. The van der Waals surface area contributed by atoms with Gasteiger partial charge in [-0.1, -0.05) is 30.0 Å². The first-order chi connectivity index (χ1) is 17.0. The third kappa shape index (κ3) is 6.59. The van der Waals surface area contributed by atoms with E-state index in [-0.39, 0.29) is 17.5 Å². The van der Waals surface area contributed by atoms with E-state index in [4.69, 9.17) is 9.47 Å². The fourth-order valence-corrected chi connectivity index (χ4v) is 4.79. The normalized spacial score (nSPS) is 14.1. The first kappa shape index (κ1) is 25.2. The van der Waals surface area contributed by atoms with Gasteiger partial charge in [-0.3, -0.25) is 9.69 Å². The van der Waals surface area contributed by atoms with Crippen molar-refractivity contribution in [3.8, 4) is 17.1 Å². The number of para-hydroxylation sites is 1. The molecule has 8 nitrogen and oxygen atoms in total. The molecule has 1 saturated heterocycles. The maximum absolute atomic E-state index is 13.5. The number of amides is 1. The maximum Gasteiger partial charge on any atom is 0.233 e. The Morgan fingerprint density at radius 2 is 1.86 bits per heavy atom. The molecule has 0 unspecified atom stereocenters. The largest absolute Gasteiger partial charge is 0.496 e. The maximum atomic E-state index is 13.5. The lowest BCUT2D eigenvalue weighted by Crippen LogP contribution is -2.38. The van der Waals surface area contributed by atoms with Crippen LogP contribution in [0.15, 0.2) is 53.7 Å². The number of hydrogen-bond acceptors (Lipinski definition) is 7. The van der Waals surface area contributed by atoms with E-state index in [1.165, 1.54) is 23.9 Å². The molecule has 1 fully saturated rings. The van der Waals surface area contributed by atoms with Crippen LogP contribution in [0, 0.1) is 5.82 Å². The molecule has 4 rings (SSSR count). The van der Waals surface area contributed by atoms with Gasteiger partial charge >= 0.3 is 0 Å². The van der Waals surface area contributed by atoms with Crippen molar-refractivity contribution in [3.05, 3.63) is 59.9 Å². The fourth-order valence-electron chi connectivity index (χ4n) is 3.89. The van der Waals surface area contributed by atoms with Crippen molar-refractivity contribution in [2.75, 3.05) is 52.8 Å². The van der Waals surface area contributed by atoms with E-state index >= 15 is 0 Å². The highest BCUT2D eigenvalue weighted by molar-refractivity contribution is 7.99. The molecule has 1 aromatic heterocycles. The quantitative estimate of drug-likeness (QED) is 0.397. The van der Waals surface area contributed by atoms with Crippen LogP contribution in [-0.2, 0) is 22.6 Å². The average Bonchev–Trinajstić information content (AvgIpc) is 3.30. The second kappa shape index (κ2) is 12.1. The van der Waals surface area contributed by atoms with Crippen LogP contribution < -0.4 is 4.74 Å². The highest BCUT2D eigenvalue weighted by Gasteiger charge is 2.19. The number of aromatic nitrogens is 3. The van der Waals surface area contributed by atoms with E-state index in [9.17, 15) is 9.18 Å². The number of carbonyl (C=O) groups is 1. The summed E-state index contributed by atoms with van der Waals surface area (Å²) >= 11 is 1.36. The molecule has 35 heavy (non-hydrogen) atoms. The minimum atomic E-state index is -0.300. The Labute approximate surface area is 209 Å². The molecule has 0 spiro atoms. The summed E-state index contributed by atoms with van der Waals surface area (Å²) in [7, 11) is 3.40. The number of morpholine rings is 1. The van der Waals surface area contributed by atoms with Gasteiger partial charge in [0.05, 0.1) is 26.1 Å². The lowest BCUT2D eigenvalue weighted by atomic mass is 10.2. The molecule has 0 saturated carbocycles. The van der Waals surface area contributed by atoms with Crippen molar-refractivity contribution >= 4 is 17.7 Å². The topological polar surface area (TPSA) is 72.7 Å². The van der Waals surface area contributed by atoms with Crippen molar-refractivity contribution in [3.63, 3.8) is 0 Å². The zero-order valence-corrected chi connectivity index (χ0v) is 20.8. The average molecular weight is 500 g/mol. The summed E-state index contributed by atoms with van der Waals surface area (Å²) in [6.45, 7) is 5.13. The molecule has 1 aliphatic heterocycles. The molecule has 2 heterocycles. The standard InChI is InChI=1S/C25H30FN5O3S/c1-29(17-20-5-3-4-6-22(20)33-2)23(32)18-35-25-28-27-24(19-7-9-21(26)10-8-19)31(25)12-11-30-13-15-34-16-14-30/h3-10H,11-18H2,1-2H3. The minimum absolute atomic E-state index is 0.0213. The summed E-state index contributed by atoms with van der Waals surface area (Å²) < 4.78 is 26.3. The number of rotatable bonds is 10. The summed E-state index contributed by atoms with van der Waals surface area (Å²) in [6, 6.07) is 13.9. The van der Waals surface area contributed by atoms with Gasteiger partial charge in [0.1, 0.15) is 11.6 Å². The van der Waals surface area contributed by atoms with Crippen LogP contribution in [0.4, 0.5) is 4.39 Å². The van der Waals surface area contributed by atoms with Gasteiger partial charge in [0, 0.05) is 50.9 Å². The van der Waals surface area contributed by atoms with Crippen LogP contribution in [0.25, 0.3) is 11.4 Å². The molecule has 1 amide bonds. The van der Waals surface area contributed by atoms with Gasteiger partial charge < -0.3 is 18.9 Å². The Balaban J connectivity index is 1.45. The van der Waals surface area contributed by atoms with Gasteiger partial charge in [-0.05, 0) is 30.3 Å². The molecule has 10 heteroatoms. The lowest BCUT2D eigenvalue weighted by Gasteiger charge is -2.27. The van der Waals surface area contributed by atoms with Crippen molar-refractivity contribution < 1.29 is 18.7 Å². The summed E-state index contributed by atoms with van der Waals surface area (Å²) in [5, 5.41) is 9.41. The van der Waals surface area contributed by atoms with Crippen LogP contribution in [0.1, 0.15) is 5.56 Å². The molecule has 186 valence electrons. The number of nitrogens with zero attached hydrogens (tertiary/aromatic N) is 5. The van der Waals surface area contributed by atoms with Crippen molar-refractivity contribution in [2.45, 2.75) is 18.2 Å². The minimum Gasteiger partial charge on any atom is -0.496 e. The summed E-state index contributed by atoms with van der Waals surface area (Å²) in [5.74, 6) is 1.32. The van der Waals surface area contributed by atoms with E-state index in [1.807, 2.05) is 28.8 Å². The molecule has 0 aliphatic carbocycles. The van der Waals surface area contributed by atoms with Crippen molar-refractivity contribution in [2.24, 2.45) is 0 Å². The second-order valence-corrected chi connectivity index (χ2v) is 9.21.